The van der Waals surface area contributed by atoms with Gasteiger partial charge in [0.2, 0.25) is 5.91 Å². The molecule has 1 heterocycles. The summed E-state index contributed by atoms with van der Waals surface area (Å²) in [7, 11) is 1.64. The van der Waals surface area contributed by atoms with Crippen molar-refractivity contribution >= 4 is 22.9 Å². The van der Waals surface area contributed by atoms with Crippen molar-refractivity contribution < 1.29 is 14.3 Å². The number of likely N-dealkylation sites (N-methyl/N-ethyl adjacent to an activating group) is 1. The first-order valence-electron chi connectivity index (χ1n) is 7.89. The number of hydrogen-bond acceptors (Lipinski definition) is 4. The molecule has 0 aliphatic rings. The van der Waals surface area contributed by atoms with E-state index in [1.54, 1.807) is 7.05 Å². The largest absolute Gasteiger partial charge is 0.444 e. The molecule has 130 valence electrons. The maximum absolute atomic E-state index is 12.0. The van der Waals surface area contributed by atoms with E-state index in [0.29, 0.717) is 13.1 Å². The Morgan fingerprint density at radius 2 is 2.00 bits per heavy atom. The van der Waals surface area contributed by atoms with Gasteiger partial charge in [-0.1, -0.05) is 18.2 Å². The fourth-order valence-electron chi connectivity index (χ4n) is 2.17. The number of rotatable bonds is 5. The van der Waals surface area contributed by atoms with Gasteiger partial charge < -0.3 is 15.0 Å². The molecule has 0 saturated heterocycles. The highest BCUT2D eigenvalue weighted by Crippen LogP contribution is 2.15. The number of nitrogens with zero attached hydrogens (tertiary/aromatic N) is 2. The normalized spacial score (nSPS) is 11.3. The molecule has 2 N–H and O–H groups in total. The Kier molecular flexibility index (Phi) is 5.43. The number of para-hydroxylation sites is 1. The molecule has 7 heteroatoms. The molecule has 1 aromatic carbocycles. The van der Waals surface area contributed by atoms with Crippen molar-refractivity contribution in [2.24, 2.45) is 0 Å². The van der Waals surface area contributed by atoms with Crippen LogP contribution < -0.4 is 5.32 Å². The lowest BCUT2D eigenvalue weighted by atomic mass is 10.1. The number of H-pyrrole nitrogens is 1. The number of aromatic amines is 1. The van der Waals surface area contributed by atoms with Gasteiger partial charge in [0.15, 0.2) is 0 Å². The van der Waals surface area contributed by atoms with Crippen LogP contribution in [0.4, 0.5) is 4.79 Å². The van der Waals surface area contributed by atoms with Crippen molar-refractivity contribution in [2.75, 3.05) is 20.1 Å². The molecule has 0 spiro atoms. The predicted molar refractivity (Wildman–Crippen MR) is 91.7 cm³/mol. The number of carbonyl (C=O) groups excluding carboxylic acids is 2. The first kappa shape index (κ1) is 17.8. The summed E-state index contributed by atoms with van der Waals surface area (Å²) in [6, 6.07) is 7.63. The number of carbonyl (C=O) groups is 2. The minimum absolute atomic E-state index is 0.123. The highest BCUT2D eigenvalue weighted by atomic mass is 16.6. The fraction of sp³-hybridized carbons (Fsp3) is 0.471. The molecule has 1 aromatic heterocycles. The van der Waals surface area contributed by atoms with Crippen LogP contribution in [-0.4, -0.2) is 52.8 Å². The van der Waals surface area contributed by atoms with E-state index in [1.165, 1.54) is 4.90 Å². The van der Waals surface area contributed by atoms with E-state index >= 15 is 0 Å². The second kappa shape index (κ2) is 7.33. The van der Waals surface area contributed by atoms with Crippen molar-refractivity contribution in [3.63, 3.8) is 0 Å². The van der Waals surface area contributed by atoms with Crippen molar-refractivity contribution in [2.45, 2.75) is 32.8 Å². The number of amides is 2. The third kappa shape index (κ3) is 4.97. The zero-order valence-corrected chi connectivity index (χ0v) is 14.5. The van der Waals surface area contributed by atoms with Gasteiger partial charge in [0.1, 0.15) is 5.60 Å². The van der Waals surface area contributed by atoms with Crippen LogP contribution >= 0.6 is 0 Å². The molecule has 0 fully saturated rings. The highest BCUT2D eigenvalue weighted by molar-refractivity contribution is 5.87. The van der Waals surface area contributed by atoms with Crippen LogP contribution in [0.5, 0.6) is 0 Å². The van der Waals surface area contributed by atoms with Crippen LogP contribution in [0.15, 0.2) is 24.3 Å². The molecule has 24 heavy (non-hydrogen) atoms. The molecule has 7 nitrogen and oxygen atoms in total. The molecular formula is C17H24N4O3. The summed E-state index contributed by atoms with van der Waals surface area (Å²) in [5.41, 5.74) is 1.09. The summed E-state index contributed by atoms with van der Waals surface area (Å²) in [5, 5.41) is 10.8. The van der Waals surface area contributed by atoms with Gasteiger partial charge in [0, 0.05) is 25.5 Å². The third-order valence-electron chi connectivity index (χ3n) is 3.35. The van der Waals surface area contributed by atoms with E-state index in [-0.39, 0.29) is 12.3 Å². The molecule has 0 atom stereocenters. The van der Waals surface area contributed by atoms with Gasteiger partial charge in [0.25, 0.3) is 0 Å². The Morgan fingerprint density at radius 3 is 2.71 bits per heavy atom. The average molecular weight is 332 g/mol. The van der Waals surface area contributed by atoms with Crippen LogP contribution in [0.2, 0.25) is 0 Å². The molecule has 2 amide bonds. The van der Waals surface area contributed by atoms with Crippen molar-refractivity contribution in [1.29, 1.82) is 0 Å². The first-order valence-corrected chi connectivity index (χ1v) is 7.89. The van der Waals surface area contributed by atoms with Crippen LogP contribution in [-0.2, 0) is 16.0 Å². The van der Waals surface area contributed by atoms with Crippen molar-refractivity contribution in [3.8, 4) is 0 Å². The molecular weight excluding hydrogens is 308 g/mol. The third-order valence-corrected chi connectivity index (χ3v) is 3.35. The zero-order valence-electron chi connectivity index (χ0n) is 14.5. The summed E-state index contributed by atoms with van der Waals surface area (Å²) in [4.78, 5) is 25.3. The molecule has 0 aliphatic heterocycles. The monoisotopic (exact) mass is 332 g/mol. The summed E-state index contributed by atoms with van der Waals surface area (Å²) < 4.78 is 5.25. The maximum atomic E-state index is 12.0. The summed E-state index contributed by atoms with van der Waals surface area (Å²) in [6.07, 6.45) is -0.187. The Hall–Kier alpha value is -2.57. The molecule has 0 aliphatic carbocycles. The van der Waals surface area contributed by atoms with Crippen LogP contribution in [0.3, 0.4) is 0 Å². The standard InChI is InChI=1S/C17H24N4O3/c1-17(2,3)24-16(23)21(4)10-9-18-15(22)11-14-12-7-5-6-8-13(12)19-20-14/h5-8H,9-11H2,1-4H3,(H,18,22)(H,19,20). The lowest BCUT2D eigenvalue weighted by Crippen LogP contribution is -2.39. The first-order chi connectivity index (χ1) is 11.3. The number of fused-ring (bicyclic) bond motifs is 1. The number of aromatic nitrogens is 2. The van der Waals surface area contributed by atoms with Gasteiger partial charge in [-0.2, -0.15) is 5.10 Å². The lowest BCUT2D eigenvalue weighted by molar-refractivity contribution is -0.120. The molecule has 0 unspecified atom stereocenters. The molecule has 2 aromatic rings. The molecule has 2 rings (SSSR count). The van der Waals surface area contributed by atoms with Crippen LogP contribution in [0.25, 0.3) is 10.9 Å². The van der Waals surface area contributed by atoms with Gasteiger partial charge in [-0.3, -0.25) is 9.89 Å². The Morgan fingerprint density at radius 1 is 1.29 bits per heavy atom. The number of benzene rings is 1. The van der Waals surface area contributed by atoms with Crippen molar-refractivity contribution in [3.05, 3.63) is 30.0 Å². The minimum atomic E-state index is -0.531. The smallest absolute Gasteiger partial charge is 0.410 e. The SMILES string of the molecule is CN(CCNC(=O)Cc1[nH]nc2ccccc12)C(=O)OC(C)(C)C. The second-order valence-electron chi connectivity index (χ2n) is 6.65. The molecule has 0 bridgehead atoms. The van der Waals surface area contributed by atoms with E-state index in [0.717, 1.165) is 16.6 Å². The maximum Gasteiger partial charge on any atom is 0.410 e. The Balaban J connectivity index is 1.78. The fourth-order valence-corrected chi connectivity index (χ4v) is 2.17. The van der Waals surface area contributed by atoms with E-state index < -0.39 is 11.7 Å². The van der Waals surface area contributed by atoms with E-state index in [2.05, 4.69) is 15.5 Å². The predicted octanol–water partition coefficient (Wildman–Crippen LogP) is 2.09. The quantitative estimate of drug-likeness (QED) is 0.877. The molecule has 0 saturated carbocycles. The second-order valence-corrected chi connectivity index (χ2v) is 6.65. The van der Waals surface area contributed by atoms with Crippen molar-refractivity contribution in [1.82, 2.24) is 20.4 Å². The van der Waals surface area contributed by atoms with Crippen LogP contribution in [0, 0.1) is 0 Å². The number of ether oxygens (including phenoxy) is 1. The summed E-state index contributed by atoms with van der Waals surface area (Å²) in [6.45, 7) is 6.19. The zero-order chi connectivity index (χ0) is 17.7. The van der Waals surface area contributed by atoms with Gasteiger partial charge >= 0.3 is 6.09 Å². The topological polar surface area (TPSA) is 87.3 Å². The van der Waals surface area contributed by atoms with Gasteiger partial charge in [-0.15, -0.1) is 0 Å². The number of nitrogens with one attached hydrogen (secondary N) is 2. The molecule has 0 radical (unpaired) electrons. The summed E-state index contributed by atoms with van der Waals surface area (Å²) in [5.74, 6) is -0.123. The Bertz CT molecular complexity index is 718. The van der Waals surface area contributed by atoms with Gasteiger partial charge in [0.05, 0.1) is 17.6 Å². The van der Waals surface area contributed by atoms with Gasteiger partial charge in [-0.25, -0.2) is 4.79 Å². The average Bonchev–Trinajstić information content (AvgIpc) is 2.88. The Labute approximate surface area is 141 Å². The van der Waals surface area contributed by atoms with Crippen LogP contribution in [0.1, 0.15) is 26.5 Å². The highest BCUT2D eigenvalue weighted by Gasteiger charge is 2.19. The summed E-state index contributed by atoms with van der Waals surface area (Å²) >= 11 is 0. The number of hydrogen-bond donors (Lipinski definition) is 2. The van der Waals surface area contributed by atoms with E-state index in [4.69, 9.17) is 4.74 Å². The van der Waals surface area contributed by atoms with E-state index in [9.17, 15) is 9.59 Å². The van der Waals surface area contributed by atoms with E-state index in [1.807, 2.05) is 45.0 Å². The minimum Gasteiger partial charge on any atom is -0.444 e. The van der Waals surface area contributed by atoms with Gasteiger partial charge in [-0.05, 0) is 26.8 Å². The lowest BCUT2D eigenvalue weighted by Gasteiger charge is -2.24.